The van der Waals surface area contributed by atoms with Crippen LogP contribution in [0.1, 0.15) is 11.1 Å². The van der Waals surface area contributed by atoms with E-state index >= 15 is 0 Å². The number of hydrogen-bond acceptors (Lipinski definition) is 5. The van der Waals surface area contributed by atoms with Crippen molar-refractivity contribution in [1.82, 2.24) is 19.6 Å². The standard InChI is InChI=1S/C21H20N4O2S/c1-14-6-5-8-16(12-14)20-22-18-13-19(26)24-25(18)21(23-20)28-11-10-27-17-9-4-3-7-15(17)2/h3-9,12-13H,10-11H2,1-2H3,(H,24,26). The predicted molar refractivity (Wildman–Crippen MR) is 111 cm³/mol. The van der Waals surface area contributed by atoms with Crippen molar-refractivity contribution in [2.24, 2.45) is 0 Å². The third kappa shape index (κ3) is 3.94. The summed E-state index contributed by atoms with van der Waals surface area (Å²) in [6, 6.07) is 17.4. The molecule has 0 aliphatic heterocycles. The lowest BCUT2D eigenvalue weighted by Crippen LogP contribution is -2.07. The average Bonchev–Trinajstić information content (AvgIpc) is 3.06. The van der Waals surface area contributed by atoms with Gasteiger partial charge in [0.2, 0.25) is 0 Å². The minimum atomic E-state index is -0.200. The van der Waals surface area contributed by atoms with Gasteiger partial charge < -0.3 is 4.74 Å². The molecular weight excluding hydrogens is 372 g/mol. The number of H-pyrrole nitrogens is 1. The van der Waals surface area contributed by atoms with Gasteiger partial charge in [-0.2, -0.15) is 0 Å². The molecule has 0 fully saturated rings. The molecule has 0 atom stereocenters. The van der Waals surface area contributed by atoms with E-state index in [1.54, 1.807) is 4.52 Å². The van der Waals surface area contributed by atoms with Crippen LogP contribution in [0.3, 0.4) is 0 Å². The van der Waals surface area contributed by atoms with Gasteiger partial charge in [0, 0.05) is 17.4 Å². The maximum absolute atomic E-state index is 11.8. The Labute approximate surface area is 166 Å². The fraction of sp³-hybridized carbons (Fsp3) is 0.190. The topological polar surface area (TPSA) is 72.3 Å². The van der Waals surface area contributed by atoms with E-state index in [1.807, 2.05) is 62.4 Å². The van der Waals surface area contributed by atoms with Crippen LogP contribution in [0.4, 0.5) is 0 Å². The molecule has 0 aliphatic rings. The van der Waals surface area contributed by atoms with Crippen LogP contribution >= 0.6 is 11.8 Å². The highest BCUT2D eigenvalue weighted by atomic mass is 32.2. The van der Waals surface area contributed by atoms with Gasteiger partial charge in [0.25, 0.3) is 5.56 Å². The first-order chi connectivity index (χ1) is 13.6. The van der Waals surface area contributed by atoms with Crippen molar-refractivity contribution in [3.05, 3.63) is 76.1 Å². The lowest BCUT2D eigenvalue weighted by Gasteiger charge is -2.10. The van der Waals surface area contributed by atoms with Gasteiger partial charge in [0.05, 0.1) is 6.61 Å². The minimum Gasteiger partial charge on any atom is -0.492 e. The molecule has 0 bridgehead atoms. The highest BCUT2D eigenvalue weighted by molar-refractivity contribution is 7.99. The molecule has 0 spiro atoms. The SMILES string of the molecule is Cc1cccc(-c2nc(SCCOc3ccccc3C)n3[nH]c(=O)cc3n2)c1. The summed E-state index contributed by atoms with van der Waals surface area (Å²) in [5, 5.41) is 3.44. The number of ether oxygens (including phenoxy) is 1. The van der Waals surface area contributed by atoms with E-state index in [4.69, 9.17) is 4.74 Å². The monoisotopic (exact) mass is 392 g/mol. The maximum Gasteiger partial charge on any atom is 0.266 e. The zero-order valence-electron chi connectivity index (χ0n) is 15.7. The second-order valence-electron chi connectivity index (χ2n) is 6.48. The van der Waals surface area contributed by atoms with E-state index in [2.05, 4.69) is 15.1 Å². The van der Waals surface area contributed by atoms with E-state index in [1.165, 1.54) is 17.8 Å². The number of thioether (sulfide) groups is 1. The van der Waals surface area contributed by atoms with Crippen molar-refractivity contribution < 1.29 is 4.74 Å². The third-order valence-corrected chi connectivity index (χ3v) is 5.17. The lowest BCUT2D eigenvalue weighted by atomic mass is 10.1. The van der Waals surface area contributed by atoms with E-state index < -0.39 is 0 Å². The normalized spacial score (nSPS) is 11.1. The predicted octanol–water partition coefficient (Wildman–Crippen LogP) is 3.87. The fourth-order valence-electron chi connectivity index (χ4n) is 2.90. The summed E-state index contributed by atoms with van der Waals surface area (Å²) in [4.78, 5) is 21.0. The van der Waals surface area contributed by atoms with Gasteiger partial charge in [0.1, 0.15) is 5.75 Å². The Balaban J connectivity index is 1.57. The summed E-state index contributed by atoms with van der Waals surface area (Å²) >= 11 is 1.52. The first kappa shape index (κ1) is 18.3. The van der Waals surface area contributed by atoms with Crippen molar-refractivity contribution in [3.63, 3.8) is 0 Å². The van der Waals surface area contributed by atoms with Gasteiger partial charge in [0.15, 0.2) is 16.6 Å². The van der Waals surface area contributed by atoms with E-state index in [0.717, 1.165) is 22.4 Å². The molecule has 0 saturated heterocycles. The number of nitrogens with one attached hydrogen (secondary N) is 1. The Morgan fingerprint density at radius 1 is 1.07 bits per heavy atom. The van der Waals surface area contributed by atoms with Crippen LogP contribution in [-0.2, 0) is 0 Å². The Kier molecular flexibility index (Phi) is 5.16. The van der Waals surface area contributed by atoms with E-state index in [-0.39, 0.29) is 5.56 Å². The summed E-state index contributed by atoms with van der Waals surface area (Å²) < 4.78 is 7.49. The Bertz CT molecular complexity index is 1180. The molecule has 2 aromatic heterocycles. The van der Waals surface area contributed by atoms with Crippen molar-refractivity contribution in [3.8, 4) is 17.1 Å². The molecule has 28 heavy (non-hydrogen) atoms. The number of nitrogens with zero attached hydrogens (tertiary/aromatic N) is 3. The average molecular weight is 392 g/mol. The van der Waals surface area contributed by atoms with Gasteiger partial charge in [-0.15, -0.1) is 0 Å². The van der Waals surface area contributed by atoms with Gasteiger partial charge in [-0.05, 0) is 31.5 Å². The minimum absolute atomic E-state index is 0.200. The molecule has 0 amide bonds. The van der Waals surface area contributed by atoms with Crippen molar-refractivity contribution in [1.29, 1.82) is 0 Å². The number of aryl methyl sites for hydroxylation is 2. The fourth-order valence-corrected chi connectivity index (χ4v) is 3.67. The molecule has 2 heterocycles. The first-order valence-corrected chi connectivity index (χ1v) is 9.97. The second kappa shape index (κ2) is 7.90. The summed E-state index contributed by atoms with van der Waals surface area (Å²) in [5.41, 5.74) is 3.52. The summed E-state index contributed by atoms with van der Waals surface area (Å²) in [6.07, 6.45) is 0. The molecule has 1 N–H and O–H groups in total. The summed E-state index contributed by atoms with van der Waals surface area (Å²) in [7, 11) is 0. The number of benzene rings is 2. The van der Waals surface area contributed by atoms with Crippen molar-refractivity contribution >= 4 is 17.4 Å². The zero-order valence-corrected chi connectivity index (χ0v) is 16.5. The molecule has 7 heteroatoms. The first-order valence-electron chi connectivity index (χ1n) is 8.98. The molecule has 0 saturated carbocycles. The Morgan fingerprint density at radius 3 is 2.75 bits per heavy atom. The molecule has 0 aliphatic carbocycles. The van der Waals surface area contributed by atoms with Gasteiger partial charge in [-0.25, -0.2) is 14.5 Å². The quantitative estimate of drug-likeness (QED) is 0.398. The van der Waals surface area contributed by atoms with Crippen LogP contribution in [0.2, 0.25) is 0 Å². The van der Waals surface area contributed by atoms with Crippen molar-refractivity contribution in [2.45, 2.75) is 19.0 Å². The molecule has 2 aromatic carbocycles. The van der Waals surface area contributed by atoms with Crippen LogP contribution in [0.5, 0.6) is 5.75 Å². The summed E-state index contributed by atoms with van der Waals surface area (Å²) in [5.74, 6) is 2.17. The highest BCUT2D eigenvalue weighted by Crippen LogP contribution is 2.23. The number of para-hydroxylation sites is 1. The Hall–Kier alpha value is -3.06. The second-order valence-corrected chi connectivity index (χ2v) is 7.54. The Morgan fingerprint density at radius 2 is 1.93 bits per heavy atom. The zero-order chi connectivity index (χ0) is 19.5. The van der Waals surface area contributed by atoms with Crippen LogP contribution in [-0.4, -0.2) is 31.9 Å². The van der Waals surface area contributed by atoms with Crippen LogP contribution in [0.15, 0.2) is 64.5 Å². The van der Waals surface area contributed by atoms with Crippen LogP contribution in [0, 0.1) is 13.8 Å². The van der Waals surface area contributed by atoms with Crippen molar-refractivity contribution in [2.75, 3.05) is 12.4 Å². The molecular formula is C21H20N4O2S. The molecule has 4 aromatic rings. The third-order valence-electron chi connectivity index (χ3n) is 4.27. The van der Waals surface area contributed by atoms with Crippen LogP contribution < -0.4 is 10.3 Å². The number of fused-ring (bicyclic) bond motifs is 1. The molecule has 142 valence electrons. The smallest absolute Gasteiger partial charge is 0.266 e. The molecule has 6 nitrogen and oxygen atoms in total. The van der Waals surface area contributed by atoms with Gasteiger partial charge in [-0.1, -0.05) is 53.7 Å². The lowest BCUT2D eigenvalue weighted by molar-refractivity contribution is 0.341. The van der Waals surface area contributed by atoms with E-state index in [0.29, 0.717) is 29.0 Å². The molecule has 4 rings (SSSR count). The van der Waals surface area contributed by atoms with Gasteiger partial charge in [-0.3, -0.25) is 9.89 Å². The number of aromatic amines is 1. The summed E-state index contributed by atoms with van der Waals surface area (Å²) in [6.45, 7) is 4.59. The van der Waals surface area contributed by atoms with Gasteiger partial charge >= 0.3 is 0 Å². The molecule has 0 unspecified atom stereocenters. The van der Waals surface area contributed by atoms with E-state index in [9.17, 15) is 4.79 Å². The highest BCUT2D eigenvalue weighted by Gasteiger charge is 2.12. The maximum atomic E-state index is 11.8. The van der Waals surface area contributed by atoms with Crippen LogP contribution in [0.25, 0.3) is 17.0 Å². The largest absolute Gasteiger partial charge is 0.492 e. The molecule has 0 radical (unpaired) electrons. The number of aromatic nitrogens is 4. The number of hydrogen-bond donors (Lipinski definition) is 1. The number of rotatable bonds is 6.